The van der Waals surface area contributed by atoms with Gasteiger partial charge in [0, 0.05) is 6.20 Å². The normalized spacial score (nSPS) is 11.6. The molecule has 0 saturated heterocycles. The average molecular weight is 406 g/mol. The van der Waals surface area contributed by atoms with Crippen molar-refractivity contribution in [1.82, 2.24) is 4.98 Å². The van der Waals surface area contributed by atoms with Crippen molar-refractivity contribution in [2.45, 2.75) is 12.8 Å². The molecule has 0 bridgehead atoms. The number of pyridine rings is 1. The van der Waals surface area contributed by atoms with Crippen LogP contribution in [0.2, 0.25) is 5.02 Å². The summed E-state index contributed by atoms with van der Waals surface area (Å²) in [6.45, 7) is 0.466. The second kappa shape index (κ2) is 8.75. The Hall–Kier alpha value is -3.06. The van der Waals surface area contributed by atoms with Crippen LogP contribution in [0.5, 0.6) is 5.75 Å². The number of nitrogens with zero attached hydrogens (tertiary/aromatic N) is 2. The molecule has 0 unspecified atom stereocenters. The van der Waals surface area contributed by atoms with Crippen LogP contribution in [0.4, 0.5) is 19.0 Å². The number of anilines is 1. The minimum Gasteiger partial charge on any atom is -0.489 e. The maximum Gasteiger partial charge on any atom is 0.417 e. The predicted octanol–water partition coefficient (Wildman–Crippen LogP) is 5.78. The van der Waals surface area contributed by atoms with Gasteiger partial charge in [-0.05, 0) is 41.5 Å². The molecule has 0 aliphatic heterocycles. The zero-order chi connectivity index (χ0) is 20.0. The molecule has 0 saturated carbocycles. The summed E-state index contributed by atoms with van der Waals surface area (Å²) in [6.07, 6.45) is -2.30. The standard InChI is InChI=1S/C20H15ClF3N3O/c21-18-10-16(20(22,23)24)12-25-19(18)27-26-11-14-6-8-17(9-7-14)28-13-15-4-2-1-3-5-15/h1-12H,13H2,(H,25,27)/b26-11+. The third-order valence-electron chi connectivity index (χ3n) is 3.68. The minimum atomic E-state index is -4.50. The van der Waals surface area contributed by atoms with Gasteiger partial charge < -0.3 is 4.74 Å². The smallest absolute Gasteiger partial charge is 0.417 e. The first kappa shape index (κ1) is 19.7. The second-order valence-corrected chi connectivity index (χ2v) is 6.17. The molecular formula is C20H15ClF3N3O. The van der Waals surface area contributed by atoms with Crippen LogP contribution in [-0.2, 0) is 12.8 Å². The van der Waals surface area contributed by atoms with Gasteiger partial charge in [-0.25, -0.2) is 4.98 Å². The summed E-state index contributed by atoms with van der Waals surface area (Å²) in [4.78, 5) is 3.65. The van der Waals surface area contributed by atoms with Gasteiger partial charge in [0.25, 0.3) is 0 Å². The van der Waals surface area contributed by atoms with E-state index in [0.717, 1.165) is 17.2 Å². The van der Waals surface area contributed by atoms with Crippen molar-refractivity contribution in [3.63, 3.8) is 0 Å². The zero-order valence-corrected chi connectivity index (χ0v) is 15.2. The van der Waals surface area contributed by atoms with Crippen molar-refractivity contribution in [3.8, 4) is 5.75 Å². The maximum absolute atomic E-state index is 12.6. The van der Waals surface area contributed by atoms with Gasteiger partial charge in [0.05, 0.1) is 16.8 Å². The Balaban J connectivity index is 1.56. The molecule has 1 N–H and O–H groups in total. The molecule has 4 nitrogen and oxygen atoms in total. The molecule has 1 heterocycles. The van der Waals surface area contributed by atoms with E-state index in [2.05, 4.69) is 15.5 Å². The van der Waals surface area contributed by atoms with Crippen molar-refractivity contribution in [1.29, 1.82) is 0 Å². The molecule has 8 heteroatoms. The molecule has 0 aliphatic rings. The fraction of sp³-hybridized carbons (Fsp3) is 0.100. The molecular weight excluding hydrogens is 391 g/mol. The van der Waals surface area contributed by atoms with E-state index >= 15 is 0 Å². The van der Waals surface area contributed by atoms with Gasteiger partial charge in [0.1, 0.15) is 12.4 Å². The van der Waals surface area contributed by atoms with Gasteiger partial charge in [-0.2, -0.15) is 18.3 Å². The molecule has 0 radical (unpaired) electrons. The number of benzene rings is 2. The first-order valence-electron chi connectivity index (χ1n) is 8.20. The van der Waals surface area contributed by atoms with E-state index in [1.54, 1.807) is 24.3 Å². The molecule has 0 atom stereocenters. The fourth-order valence-corrected chi connectivity index (χ4v) is 2.44. The number of hydrogen-bond donors (Lipinski definition) is 1. The topological polar surface area (TPSA) is 46.5 Å². The molecule has 3 rings (SSSR count). The van der Waals surface area contributed by atoms with Crippen molar-refractivity contribution < 1.29 is 17.9 Å². The highest BCUT2D eigenvalue weighted by Crippen LogP contribution is 2.32. The number of rotatable bonds is 6. The van der Waals surface area contributed by atoms with Gasteiger partial charge in [-0.15, -0.1) is 0 Å². The van der Waals surface area contributed by atoms with Gasteiger partial charge in [-0.1, -0.05) is 41.9 Å². The lowest BCUT2D eigenvalue weighted by molar-refractivity contribution is -0.137. The highest BCUT2D eigenvalue weighted by molar-refractivity contribution is 6.32. The monoisotopic (exact) mass is 405 g/mol. The average Bonchev–Trinajstić information content (AvgIpc) is 2.68. The maximum atomic E-state index is 12.6. The number of nitrogens with one attached hydrogen (secondary N) is 1. The van der Waals surface area contributed by atoms with E-state index in [-0.39, 0.29) is 10.8 Å². The predicted molar refractivity (Wildman–Crippen MR) is 103 cm³/mol. The third kappa shape index (κ3) is 5.47. The van der Waals surface area contributed by atoms with Crippen LogP contribution in [0.1, 0.15) is 16.7 Å². The number of ether oxygens (including phenoxy) is 1. The van der Waals surface area contributed by atoms with E-state index < -0.39 is 11.7 Å². The van der Waals surface area contributed by atoms with Gasteiger partial charge in [0.15, 0.2) is 5.82 Å². The number of halogens is 4. The lowest BCUT2D eigenvalue weighted by atomic mass is 10.2. The van der Waals surface area contributed by atoms with Crippen LogP contribution in [0.3, 0.4) is 0 Å². The van der Waals surface area contributed by atoms with Crippen LogP contribution >= 0.6 is 11.6 Å². The first-order valence-corrected chi connectivity index (χ1v) is 8.58. The molecule has 144 valence electrons. The zero-order valence-electron chi connectivity index (χ0n) is 14.4. The quantitative estimate of drug-likeness (QED) is 0.417. The molecule has 28 heavy (non-hydrogen) atoms. The Labute approximate surface area is 164 Å². The highest BCUT2D eigenvalue weighted by Gasteiger charge is 2.31. The van der Waals surface area contributed by atoms with Crippen LogP contribution in [-0.4, -0.2) is 11.2 Å². The summed E-state index contributed by atoms with van der Waals surface area (Å²) in [5.74, 6) is 0.746. The Morgan fingerprint density at radius 3 is 2.43 bits per heavy atom. The van der Waals surface area contributed by atoms with Crippen LogP contribution < -0.4 is 10.2 Å². The Morgan fingerprint density at radius 1 is 1.07 bits per heavy atom. The lowest BCUT2D eigenvalue weighted by Gasteiger charge is -2.08. The highest BCUT2D eigenvalue weighted by atomic mass is 35.5. The SMILES string of the molecule is FC(F)(F)c1cnc(N/N=C/c2ccc(OCc3ccccc3)cc2)c(Cl)c1. The molecule has 0 fully saturated rings. The number of aromatic nitrogens is 1. The molecule has 0 spiro atoms. The van der Waals surface area contributed by atoms with E-state index in [1.807, 2.05) is 30.3 Å². The molecule has 1 aromatic heterocycles. The first-order chi connectivity index (χ1) is 13.4. The lowest BCUT2D eigenvalue weighted by Crippen LogP contribution is -2.06. The summed E-state index contributed by atoms with van der Waals surface area (Å²) >= 11 is 5.81. The minimum absolute atomic E-state index is 0.0359. The number of hydrogen-bond acceptors (Lipinski definition) is 4. The third-order valence-corrected chi connectivity index (χ3v) is 3.97. The van der Waals surface area contributed by atoms with Crippen LogP contribution in [0, 0.1) is 0 Å². The van der Waals surface area contributed by atoms with E-state index in [4.69, 9.17) is 16.3 Å². The second-order valence-electron chi connectivity index (χ2n) is 5.77. The summed E-state index contributed by atoms with van der Waals surface area (Å²) < 4.78 is 43.5. The number of hydrazone groups is 1. The van der Waals surface area contributed by atoms with Gasteiger partial charge in [0.2, 0.25) is 0 Å². The molecule has 0 aliphatic carbocycles. The van der Waals surface area contributed by atoms with Crippen LogP contribution in [0.25, 0.3) is 0 Å². The fourth-order valence-electron chi connectivity index (χ4n) is 2.23. The summed E-state index contributed by atoms with van der Waals surface area (Å²) in [5, 5.41) is 3.77. The van der Waals surface area contributed by atoms with Crippen molar-refractivity contribution in [3.05, 3.63) is 88.6 Å². The van der Waals surface area contributed by atoms with E-state index in [0.29, 0.717) is 18.6 Å². The Kier molecular flexibility index (Phi) is 6.16. The number of alkyl halides is 3. The summed E-state index contributed by atoms with van der Waals surface area (Å²) in [6, 6.07) is 17.8. The van der Waals surface area contributed by atoms with E-state index in [1.165, 1.54) is 6.21 Å². The van der Waals surface area contributed by atoms with Gasteiger partial charge in [-0.3, -0.25) is 5.43 Å². The summed E-state index contributed by atoms with van der Waals surface area (Å²) in [5.41, 5.74) is 3.44. The summed E-state index contributed by atoms with van der Waals surface area (Å²) in [7, 11) is 0. The van der Waals surface area contributed by atoms with Crippen molar-refractivity contribution in [2.75, 3.05) is 5.43 Å². The Bertz CT molecular complexity index is 945. The molecule has 3 aromatic rings. The molecule has 0 amide bonds. The van der Waals surface area contributed by atoms with Crippen LogP contribution in [0.15, 0.2) is 72.0 Å². The van der Waals surface area contributed by atoms with Crippen molar-refractivity contribution >= 4 is 23.6 Å². The largest absolute Gasteiger partial charge is 0.489 e. The van der Waals surface area contributed by atoms with Crippen molar-refractivity contribution in [2.24, 2.45) is 5.10 Å². The Morgan fingerprint density at radius 2 is 1.79 bits per heavy atom. The van der Waals surface area contributed by atoms with E-state index in [9.17, 15) is 13.2 Å². The molecule has 2 aromatic carbocycles. The van der Waals surface area contributed by atoms with Gasteiger partial charge >= 0.3 is 6.18 Å².